The van der Waals surface area contributed by atoms with Crippen molar-refractivity contribution in [2.45, 2.75) is 6.92 Å². The lowest BCUT2D eigenvalue weighted by Gasteiger charge is -2.07. The van der Waals surface area contributed by atoms with Gasteiger partial charge < -0.3 is 16.2 Å². The van der Waals surface area contributed by atoms with Gasteiger partial charge in [-0.1, -0.05) is 11.3 Å². The molecule has 20 heavy (non-hydrogen) atoms. The lowest BCUT2D eigenvalue weighted by Crippen LogP contribution is -2.14. The van der Waals surface area contributed by atoms with Crippen LogP contribution in [0.2, 0.25) is 0 Å². The summed E-state index contributed by atoms with van der Waals surface area (Å²) in [6.07, 6.45) is 0. The fourth-order valence-electron chi connectivity index (χ4n) is 1.61. The van der Waals surface area contributed by atoms with E-state index in [-0.39, 0.29) is 21.3 Å². The average molecular weight is 295 g/mol. The predicted molar refractivity (Wildman–Crippen MR) is 72.6 cm³/mol. The number of aryl methyl sites for hydroxylation is 1. The zero-order valence-electron chi connectivity index (χ0n) is 10.3. The highest BCUT2D eigenvalue weighted by molar-refractivity contribution is 7.17. The number of carbonyl (C=O) groups is 2. The maximum Gasteiger partial charge on any atom is 0.337 e. The number of aromatic carboxylic acids is 1. The number of anilines is 2. The quantitative estimate of drug-likeness (QED) is 0.804. The van der Waals surface area contributed by atoms with Gasteiger partial charge in [0, 0.05) is 0 Å². The molecule has 0 aliphatic heterocycles. The summed E-state index contributed by atoms with van der Waals surface area (Å²) >= 11 is 0.992. The van der Waals surface area contributed by atoms with Crippen LogP contribution in [0, 0.1) is 12.7 Å². The lowest BCUT2D eigenvalue weighted by molar-refractivity contribution is 0.0697. The number of hydrogen-bond donors (Lipinski definition) is 3. The molecule has 1 aromatic heterocycles. The molecule has 1 heterocycles. The summed E-state index contributed by atoms with van der Waals surface area (Å²) in [4.78, 5) is 27.2. The number of halogens is 1. The van der Waals surface area contributed by atoms with Crippen molar-refractivity contribution < 1.29 is 19.1 Å². The molecule has 4 N–H and O–H groups in total. The number of carboxylic acids is 1. The molecule has 8 heteroatoms. The minimum Gasteiger partial charge on any atom is -0.478 e. The van der Waals surface area contributed by atoms with Crippen LogP contribution in [-0.2, 0) is 0 Å². The second-order valence-electron chi connectivity index (χ2n) is 3.92. The van der Waals surface area contributed by atoms with Gasteiger partial charge in [0.1, 0.15) is 10.7 Å². The van der Waals surface area contributed by atoms with Crippen LogP contribution in [0.3, 0.4) is 0 Å². The number of amides is 1. The van der Waals surface area contributed by atoms with Crippen molar-refractivity contribution in [3.8, 4) is 0 Å². The Bertz CT molecular complexity index is 699. The molecule has 1 aromatic carbocycles. The molecule has 2 rings (SSSR count). The zero-order chi connectivity index (χ0) is 14.9. The van der Waals surface area contributed by atoms with Gasteiger partial charge in [0.25, 0.3) is 5.91 Å². The third-order valence-corrected chi connectivity index (χ3v) is 3.46. The average Bonchev–Trinajstić information content (AvgIpc) is 2.70. The smallest absolute Gasteiger partial charge is 0.337 e. The van der Waals surface area contributed by atoms with Crippen molar-refractivity contribution in [3.05, 3.63) is 40.2 Å². The van der Waals surface area contributed by atoms with Gasteiger partial charge in [0.2, 0.25) is 0 Å². The van der Waals surface area contributed by atoms with Gasteiger partial charge in [-0.3, -0.25) is 4.79 Å². The van der Waals surface area contributed by atoms with Crippen molar-refractivity contribution in [2.75, 3.05) is 11.1 Å². The number of carboxylic acid groups (broad SMARTS) is 1. The molecular formula is C12H10FN3O3S. The van der Waals surface area contributed by atoms with Gasteiger partial charge in [-0.15, -0.1) is 0 Å². The predicted octanol–water partition coefficient (Wildman–Crippen LogP) is 2.12. The summed E-state index contributed by atoms with van der Waals surface area (Å²) in [7, 11) is 0. The molecule has 0 aliphatic carbocycles. The summed E-state index contributed by atoms with van der Waals surface area (Å²) < 4.78 is 13.0. The van der Waals surface area contributed by atoms with E-state index in [1.165, 1.54) is 6.07 Å². The molecule has 1 amide bonds. The molecule has 0 saturated heterocycles. The number of nitrogens with one attached hydrogen (secondary N) is 1. The standard InChI is InChI=1S/C12H10FN3O3S/c1-5-9(20-12(14)15-5)10(17)16-8-3-2-6(13)4-7(8)11(18)19/h2-4H,1H3,(H2,14,15)(H,16,17)(H,18,19). The summed E-state index contributed by atoms with van der Waals surface area (Å²) in [5.41, 5.74) is 5.62. The van der Waals surface area contributed by atoms with Crippen molar-refractivity contribution >= 4 is 34.0 Å². The van der Waals surface area contributed by atoms with Crippen LogP contribution in [0.1, 0.15) is 25.7 Å². The molecule has 6 nitrogen and oxygen atoms in total. The van der Waals surface area contributed by atoms with E-state index in [0.29, 0.717) is 5.69 Å². The number of aromatic nitrogens is 1. The molecule has 0 saturated carbocycles. The molecule has 0 fully saturated rings. The highest BCUT2D eigenvalue weighted by Crippen LogP contribution is 2.23. The fourth-order valence-corrected chi connectivity index (χ4v) is 2.34. The first-order valence-electron chi connectivity index (χ1n) is 5.45. The molecule has 0 atom stereocenters. The molecule has 0 aliphatic rings. The zero-order valence-corrected chi connectivity index (χ0v) is 11.1. The minimum absolute atomic E-state index is 0.00951. The van der Waals surface area contributed by atoms with E-state index < -0.39 is 17.7 Å². The van der Waals surface area contributed by atoms with E-state index in [4.69, 9.17) is 10.8 Å². The highest BCUT2D eigenvalue weighted by Gasteiger charge is 2.18. The Morgan fingerprint density at radius 3 is 2.70 bits per heavy atom. The van der Waals surface area contributed by atoms with E-state index in [9.17, 15) is 14.0 Å². The van der Waals surface area contributed by atoms with Crippen LogP contribution < -0.4 is 11.1 Å². The highest BCUT2D eigenvalue weighted by atomic mass is 32.1. The number of hydrogen-bond acceptors (Lipinski definition) is 5. The van der Waals surface area contributed by atoms with Crippen molar-refractivity contribution in [1.82, 2.24) is 4.98 Å². The second-order valence-corrected chi connectivity index (χ2v) is 4.95. The monoisotopic (exact) mass is 295 g/mol. The number of nitrogens with zero attached hydrogens (tertiary/aromatic N) is 1. The maximum absolute atomic E-state index is 13.0. The summed E-state index contributed by atoms with van der Waals surface area (Å²) in [5.74, 6) is -2.57. The van der Waals surface area contributed by atoms with Gasteiger partial charge >= 0.3 is 5.97 Å². The Labute approximate surface area is 117 Å². The van der Waals surface area contributed by atoms with Crippen molar-refractivity contribution in [3.63, 3.8) is 0 Å². The van der Waals surface area contributed by atoms with Gasteiger partial charge in [-0.05, 0) is 25.1 Å². The molecule has 2 aromatic rings. The number of benzene rings is 1. The molecular weight excluding hydrogens is 285 g/mol. The third-order valence-electron chi connectivity index (χ3n) is 2.48. The van der Waals surface area contributed by atoms with E-state index in [1.54, 1.807) is 6.92 Å². The van der Waals surface area contributed by atoms with Crippen molar-refractivity contribution in [2.24, 2.45) is 0 Å². The summed E-state index contributed by atoms with van der Waals surface area (Å²) in [6.45, 7) is 1.62. The molecule has 0 bridgehead atoms. The van der Waals surface area contributed by atoms with E-state index in [1.807, 2.05) is 0 Å². The molecule has 0 radical (unpaired) electrons. The largest absolute Gasteiger partial charge is 0.478 e. The van der Waals surface area contributed by atoms with Crippen LogP contribution in [0.5, 0.6) is 0 Å². The molecule has 0 unspecified atom stereocenters. The topological polar surface area (TPSA) is 105 Å². The van der Waals surface area contributed by atoms with Crippen LogP contribution in [0.4, 0.5) is 15.2 Å². The Balaban J connectivity index is 2.33. The minimum atomic E-state index is -1.33. The Hall–Kier alpha value is -2.48. The Morgan fingerprint density at radius 1 is 1.45 bits per heavy atom. The van der Waals surface area contributed by atoms with Crippen LogP contribution in [0.15, 0.2) is 18.2 Å². The SMILES string of the molecule is Cc1nc(N)sc1C(=O)Nc1ccc(F)cc1C(=O)O. The third kappa shape index (κ3) is 2.75. The number of nitrogen functional groups attached to an aromatic ring is 1. The van der Waals surface area contributed by atoms with E-state index in [0.717, 1.165) is 23.5 Å². The first-order valence-corrected chi connectivity index (χ1v) is 6.27. The fraction of sp³-hybridized carbons (Fsp3) is 0.0833. The molecule has 104 valence electrons. The number of carbonyl (C=O) groups excluding carboxylic acids is 1. The lowest BCUT2D eigenvalue weighted by atomic mass is 10.1. The van der Waals surface area contributed by atoms with Gasteiger partial charge in [-0.2, -0.15) is 0 Å². The number of nitrogens with two attached hydrogens (primary N) is 1. The van der Waals surface area contributed by atoms with Gasteiger partial charge in [0.05, 0.1) is 16.9 Å². The summed E-state index contributed by atoms with van der Waals surface area (Å²) in [5, 5.41) is 11.6. The maximum atomic E-state index is 13.0. The number of rotatable bonds is 3. The van der Waals surface area contributed by atoms with Crippen LogP contribution in [0.25, 0.3) is 0 Å². The Morgan fingerprint density at radius 2 is 2.15 bits per heavy atom. The van der Waals surface area contributed by atoms with Crippen molar-refractivity contribution in [1.29, 1.82) is 0 Å². The van der Waals surface area contributed by atoms with Crippen LogP contribution >= 0.6 is 11.3 Å². The summed E-state index contributed by atoms with van der Waals surface area (Å²) in [6, 6.07) is 3.10. The number of thiazole rings is 1. The van der Waals surface area contributed by atoms with Gasteiger partial charge in [-0.25, -0.2) is 14.2 Å². The Kier molecular flexibility index (Phi) is 3.66. The normalized spacial score (nSPS) is 10.3. The van der Waals surface area contributed by atoms with Crippen LogP contribution in [-0.4, -0.2) is 22.0 Å². The first kappa shape index (κ1) is 13.9. The molecule has 0 spiro atoms. The van der Waals surface area contributed by atoms with E-state index in [2.05, 4.69) is 10.3 Å². The first-order chi connectivity index (χ1) is 9.38. The van der Waals surface area contributed by atoms with Gasteiger partial charge in [0.15, 0.2) is 5.13 Å². The van der Waals surface area contributed by atoms with E-state index >= 15 is 0 Å². The second kappa shape index (κ2) is 5.25.